The number of carbonyl (C=O) groups is 3. The van der Waals surface area contributed by atoms with Crippen LogP contribution in [-0.2, 0) is 14.4 Å². The predicted molar refractivity (Wildman–Crippen MR) is 123 cm³/mol. The number of nitrogens with one attached hydrogen (secondary N) is 1. The monoisotopic (exact) mass is 454 g/mol. The second-order valence-corrected chi connectivity index (χ2v) is 7.64. The third kappa shape index (κ3) is 4.62. The number of aliphatic carboxylic acids is 1. The molecule has 1 heterocycles. The Balaban J connectivity index is 1.97. The number of anilines is 1. The molecule has 2 aromatic rings. The van der Waals surface area contributed by atoms with Crippen molar-refractivity contribution in [2.75, 3.05) is 12.0 Å². The van der Waals surface area contributed by atoms with Crippen LogP contribution in [0.2, 0.25) is 0 Å². The molecular weight excluding hydrogens is 432 g/mol. The van der Waals surface area contributed by atoms with Crippen molar-refractivity contribution in [1.29, 1.82) is 0 Å². The van der Waals surface area contributed by atoms with E-state index in [1.807, 2.05) is 26.0 Å². The summed E-state index contributed by atoms with van der Waals surface area (Å²) in [6.45, 7) is 5.20. The first-order valence-corrected chi connectivity index (χ1v) is 10.1. The number of amides is 2. The van der Waals surface area contributed by atoms with Gasteiger partial charge in [0.15, 0.2) is 22.7 Å². The molecule has 0 unspecified atom stereocenters. The van der Waals surface area contributed by atoms with Crippen LogP contribution < -0.4 is 19.7 Å². The van der Waals surface area contributed by atoms with Gasteiger partial charge < -0.3 is 14.6 Å². The summed E-state index contributed by atoms with van der Waals surface area (Å²) in [6.07, 6.45) is 0.342. The first kappa shape index (κ1) is 23.0. The minimum atomic E-state index is -1.12. The average molecular weight is 455 g/mol. The van der Waals surface area contributed by atoms with E-state index in [0.717, 1.165) is 11.1 Å². The van der Waals surface area contributed by atoms with Gasteiger partial charge in [0.2, 0.25) is 0 Å². The molecule has 0 saturated carbocycles. The number of methoxy groups -OCH3 is 1. The van der Waals surface area contributed by atoms with Crippen LogP contribution in [0.5, 0.6) is 11.5 Å². The number of benzene rings is 2. The van der Waals surface area contributed by atoms with Crippen molar-refractivity contribution in [1.82, 2.24) is 5.32 Å². The zero-order chi connectivity index (χ0) is 23.6. The van der Waals surface area contributed by atoms with Crippen molar-refractivity contribution in [2.24, 2.45) is 0 Å². The van der Waals surface area contributed by atoms with E-state index in [9.17, 15) is 14.4 Å². The number of aryl methyl sites for hydroxylation is 2. The molecule has 8 nitrogen and oxygen atoms in total. The molecule has 32 heavy (non-hydrogen) atoms. The Morgan fingerprint density at radius 3 is 2.50 bits per heavy atom. The van der Waals surface area contributed by atoms with Crippen LogP contribution in [-0.4, -0.2) is 41.2 Å². The fourth-order valence-electron chi connectivity index (χ4n) is 3.21. The lowest BCUT2D eigenvalue weighted by molar-refractivity contribution is -0.144. The number of nitrogens with zero attached hydrogens (tertiary/aromatic N) is 1. The molecule has 0 aromatic heterocycles. The quantitative estimate of drug-likeness (QED) is 0.393. The van der Waals surface area contributed by atoms with Gasteiger partial charge in [-0.1, -0.05) is 23.8 Å². The Labute approximate surface area is 190 Å². The van der Waals surface area contributed by atoms with Gasteiger partial charge in [0.1, 0.15) is 5.57 Å². The van der Waals surface area contributed by atoms with Crippen LogP contribution >= 0.6 is 12.2 Å². The predicted octanol–water partition coefficient (Wildman–Crippen LogP) is 3.00. The lowest BCUT2D eigenvalue weighted by atomic mass is 10.0. The van der Waals surface area contributed by atoms with Gasteiger partial charge in [0.05, 0.1) is 12.8 Å². The summed E-state index contributed by atoms with van der Waals surface area (Å²) in [6, 6.07) is 10.2. The van der Waals surface area contributed by atoms with Gasteiger partial charge in [0, 0.05) is 0 Å². The summed E-state index contributed by atoms with van der Waals surface area (Å²) in [5.41, 5.74) is 2.85. The van der Waals surface area contributed by atoms with Gasteiger partial charge in [-0.2, -0.15) is 0 Å². The smallest absolute Gasteiger partial charge is 0.344 e. The highest BCUT2D eigenvalue weighted by Crippen LogP contribution is 2.31. The molecule has 0 radical (unpaired) electrons. The van der Waals surface area contributed by atoms with E-state index in [0.29, 0.717) is 11.3 Å². The molecule has 0 bridgehead atoms. The summed E-state index contributed by atoms with van der Waals surface area (Å²) in [5.74, 6) is -1.80. The molecule has 1 fully saturated rings. The average Bonchev–Trinajstić information content (AvgIpc) is 2.73. The van der Waals surface area contributed by atoms with Crippen molar-refractivity contribution < 1.29 is 29.0 Å². The van der Waals surface area contributed by atoms with E-state index in [1.54, 1.807) is 18.2 Å². The molecule has 1 aliphatic rings. The van der Waals surface area contributed by atoms with Gasteiger partial charge in [-0.05, 0) is 68.4 Å². The Hall–Kier alpha value is -3.72. The van der Waals surface area contributed by atoms with E-state index in [1.165, 1.54) is 31.1 Å². The number of thiocarbonyl (C=S) groups is 1. The van der Waals surface area contributed by atoms with E-state index in [4.69, 9.17) is 26.8 Å². The van der Waals surface area contributed by atoms with Crippen molar-refractivity contribution in [2.45, 2.75) is 26.9 Å². The number of carbonyl (C=O) groups excluding carboxylic acids is 2. The van der Waals surface area contributed by atoms with E-state index >= 15 is 0 Å². The molecular formula is C23H22N2O6S. The highest BCUT2D eigenvalue weighted by Gasteiger charge is 2.35. The van der Waals surface area contributed by atoms with Crippen LogP contribution in [0.3, 0.4) is 0 Å². The van der Waals surface area contributed by atoms with Crippen molar-refractivity contribution in [3.8, 4) is 11.5 Å². The van der Waals surface area contributed by atoms with Crippen LogP contribution in [0.4, 0.5) is 5.69 Å². The number of carboxylic acid groups (broad SMARTS) is 1. The Morgan fingerprint density at radius 2 is 1.88 bits per heavy atom. The standard InChI is InChI=1S/C23H22N2O6S/c1-12-5-7-17(13(2)9-12)25-21(27)16(20(26)24-23(25)32)10-15-6-8-18(19(11-15)30-4)31-14(3)22(28)29/h5-11,14H,1-4H3,(H,28,29)(H,24,26,32)/b16-10+/t14-/m0/s1. The summed E-state index contributed by atoms with van der Waals surface area (Å²) >= 11 is 5.25. The number of carboxylic acids is 1. The van der Waals surface area contributed by atoms with E-state index < -0.39 is 23.9 Å². The maximum absolute atomic E-state index is 13.2. The zero-order valence-corrected chi connectivity index (χ0v) is 18.8. The Morgan fingerprint density at radius 1 is 1.16 bits per heavy atom. The van der Waals surface area contributed by atoms with Crippen LogP contribution in [0, 0.1) is 13.8 Å². The molecule has 0 spiro atoms. The highest BCUT2D eigenvalue weighted by atomic mass is 32.1. The molecule has 0 aliphatic carbocycles. The molecule has 1 saturated heterocycles. The van der Waals surface area contributed by atoms with E-state index in [-0.39, 0.29) is 22.2 Å². The molecule has 2 aromatic carbocycles. The number of hydrogen-bond acceptors (Lipinski definition) is 6. The molecule has 3 rings (SSSR count). The molecule has 1 atom stereocenters. The lowest BCUT2D eigenvalue weighted by Crippen LogP contribution is -2.54. The minimum absolute atomic E-state index is 0.00749. The van der Waals surface area contributed by atoms with Crippen molar-refractivity contribution in [3.63, 3.8) is 0 Å². The maximum Gasteiger partial charge on any atom is 0.344 e. The zero-order valence-electron chi connectivity index (χ0n) is 18.0. The van der Waals surface area contributed by atoms with Gasteiger partial charge in [-0.25, -0.2) is 4.79 Å². The lowest BCUT2D eigenvalue weighted by Gasteiger charge is -2.30. The van der Waals surface area contributed by atoms with Gasteiger partial charge >= 0.3 is 5.97 Å². The third-order valence-corrected chi connectivity index (χ3v) is 5.13. The largest absolute Gasteiger partial charge is 0.493 e. The first-order chi connectivity index (χ1) is 15.1. The maximum atomic E-state index is 13.2. The van der Waals surface area contributed by atoms with Gasteiger partial charge in [-0.3, -0.25) is 19.8 Å². The summed E-state index contributed by atoms with van der Waals surface area (Å²) in [4.78, 5) is 38.1. The Kier molecular flexibility index (Phi) is 6.59. The van der Waals surface area contributed by atoms with Crippen LogP contribution in [0.25, 0.3) is 6.08 Å². The topological polar surface area (TPSA) is 105 Å². The summed E-state index contributed by atoms with van der Waals surface area (Å²) < 4.78 is 10.7. The van der Waals surface area contributed by atoms with Gasteiger partial charge in [-0.15, -0.1) is 0 Å². The summed E-state index contributed by atoms with van der Waals surface area (Å²) in [7, 11) is 1.41. The molecule has 2 N–H and O–H groups in total. The molecule has 2 amide bonds. The van der Waals surface area contributed by atoms with Crippen LogP contribution in [0.1, 0.15) is 23.6 Å². The Bertz CT molecular complexity index is 1160. The third-order valence-electron chi connectivity index (χ3n) is 4.85. The van der Waals surface area contributed by atoms with Gasteiger partial charge in [0.25, 0.3) is 11.8 Å². The number of rotatable bonds is 6. The van der Waals surface area contributed by atoms with Crippen molar-refractivity contribution >= 4 is 46.9 Å². The second-order valence-electron chi connectivity index (χ2n) is 7.26. The second kappa shape index (κ2) is 9.19. The summed E-state index contributed by atoms with van der Waals surface area (Å²) in [5, 5.41) is 11.6. The fraction of sp³-hybridized carbons (Fsp3) is 0.217. The normalized spacial score (nSPS) is 16.1. The molecule has 166 valence electrons. The highest BCUT2D eigenvalue weighted by molar-refractivity contribution is 7.80. The fourth-order valence-corrected chi connectivity index (χ4v) is 3.49. The van der Waals surface area contributed by atoms with Crippen LogP contribution in [0.15, 0.2) is 42.0 Å². The molecule has 9 heteroatoms. The number of ether oxygens (including phenoxy) is 2. The SMILES string of the molecule is COc1cc(/C=C2\C(=O)NC(=S)N(c3ccc(C)cc3C)C2=O)ccc1O[C@@H](C)C(=O)O. The molecule has 1 aliphatic heterocycles. The number of hydrogen-bond donors (Lipinski definition) is 2. The van der Waals surface area contributed by atoms with E-state index in [2.05, 4.69) is 5.32 Å². The van der Waals surface area contributed by atoms with Crippen molar-refractivity contribution in [3.05, 3.63) is 58.7 Å². The first-order valence-electron chi connectivity index (χ1n) is 9.68. The minimum Gasteiger partial charge on any atom is -0.493 e.